The van der Waals surface area contributed by atoms with E-state index < -0.39 is 12.0 Å². The molecule has 0 amide bonds. The van der Waals surface area contributed by atoms with Crippen molar-refractivity contribution in [3.05, 3.63) is 41.7 Å². The van der Waals surface area contributed by atoms with Gasteiger partial charge in [0.1, 0.15) is 6.04 Å². The molecule has 0 radical (unpaired) electrons. The summed E-state index contributed by atoms with van der Waals surface area (Å²) in [5.74, 6) is -0.877. The van der Waals surface area contributed by atoms with Crippen LogP contribution in [0.4, 0.5) is 0 Å². The van der Waals surface area contributed by atoms with Crippen LogP contribution in [0.3, 0.4) is 0 Å². The summed E-state index contributed by atoms with van der Waals surface area (Å²) >= 11 is 5.92. The third kappa shape index (κ3) is 2.54. The normalized spacial score (nSPS) is 12.3. The van der Waals surface area contributed by atoms with Crippen LogP contribution in [0, 0.1) is 0 Å². The number of aromatic nitrogens is 2. The number of nitrogens with zero attached hydrogens (tertiary/aromatic N) is 2. The average molecular weight is 265 g/mol. The van der Waals surface area contributed by atoms with E-state index in [2.05, 4.69) is 5.10 Å². The van der Waals surface area contributed by atoms with Gasteiger partial charge in [-0.05, 0) is 24.1 Å². The van der Waals surface area contributed by atoms with Gasteiger partial charge in [0.2, 0.25) is 0 Å². The van der Waals surface area contributed by atoms with Crippen molar-refractivity contribution in [3.63, 3.8) is 0 Å². The number of rotatable bonds is 4. The smallest absolute Gasteiger partial charge is 0.328 e. The number of halogens is 1. The highest BCUT2D eigenvalue weighted by Gasteiger charge is 2.18. The predicted molar refractivity (Wildman–Crippen MR) is 69.6 cm³/mol. The van der Waals surface area contributed by atoms with E-state index in [-0.39, 0.29) is 0 Å². The van der Waals surface area contributed by atoms with E-state index >= 15 is 0 Å². The molecule has 0 bridgehead atoms. The van der Waals surface area contributed by atoms with E-state index in [4.69, 9.17) is 16.7 Å². The van der Waals surface area contributed by atoms with Crippen LogP contribution >= 0.6 is 11.6 Å². The maximum atomic E-state index is 11.0. The van der Waals surface area contributed by atoms with Gasteiger partial charge < -0.3 is 5.11 Å². The van der Waals surface area contributed by atoms with Crippen molar-refractivity contribution in [2.45, 2.75) is 19.4 Å². The minimum Gasteiger partial charge on any atom is -0.480 e. The first-order valence-electron chi connectivity index (χ1n) is 5.64. The molecular formula is C13H13ClN2O2. The highest BCUT2D eigenvalue weighted by atomic mass is 35.5. The Labute approximate surface area is 110 Å². The lowest BCUT2D eigenvalue weighted by molar-refractivity contribution is -0.141. The highest BCUT2D eigenvalue weighted by molar-refractivity contribution is 6.30. The Kier molecular flexibility index (Phi) is 3.67. The molecule has 18 heavy (non-hydrogen) atoms. The average Bonchev–Trinajstić information content (AvgIpc) is 2.79. The summed E-state index contributed by atoms with van der Waals surface area (Å²) < 4.78 is 1.47. The van der Waals surface area contributed by atoms with Crippen LogP contribution in [0.5, 0.6) is 0 Å². The molecule has 1 N–H and O–H groups in total. The third-order valence-electron chi connectivity index (χ3n) is 2.75. The van der Waals surface area contributed by atoms with E-state index in [0.717, 1.165) is 11.1 Å². The molecule has 0 spiro atoms. The van der Waals surface area contributed by atoms with Gasteiger partial charge in [-0.1, -0.05) is 30.7 Å². The fourth-order valence-corrected chi connectivity index (χ4v) is 1.99. The summed E-state index contributed by atoms with van der Waals surface area (Å²) in [5, 5.41) is 13.8. The van der Waals surface area contributed by atoms with Crippen LogP contribution in [-0.4, -0.2) is 20.9 Å². The minimum atomic E-state index is -0.877. The van der Waals surface area contributed by atoms with Gasteiger partial charge >= 0.3 is 5.97 Å². The van der Waals surface area contributed by atoms with Crippen molar-refractivity contribution in [3.8, 4) is 11.1 Å². The lowest BCUT2D eigenvalue weighted by Gasteiger charge is -2.09. The molecular weight excluding hydrogens is 252 g/mol. The van der Waals surface area contributed by atoms with Crippen LogP contribution < -0.4 is 0 Å². The second kappa shape index (κ2) is 5.23. The second-order valence-corrected chi connectivity index (χ2v) is 4.42. The fourth-order valence-electron chi connectivity index (χ4n) is 1.80. The van der Waals surface area contributed by atoms with Gasteiger partial charge in [0.25, 0.3) is 0 Å². The molecule has 0 aliphatic heterocycles. The molecule has 1 atom stereocenters. The van der Waals surface area contributed by atoms with Gasteiger partial charge in [0.15, 0.2) is 0 Å². The van der Waals surface area contributed by atoms with E-state index in [1.54, 1.807) is 18.5 Å². The topological polar surface area (TPSA) is 55.1 Å². The Hall–Kier alpha value is -1.81. The molecule has 0 saturated carbocycles. The van der Waals surface area contributed by atoms with Crippen molar-refractivity contribution in [1.29, 1.82) is 0 Å². The molecule has 0 fully saturated rings. The molecule has 1 aromatic heterocycles. The quantitative estimate of drug-likeness (QED) is 0.922. The molecule has 1 aromatic carbocycles. The lowest BCUT2D eigenvalue weighted by Crippen LogP contribution is -2.18. The summed E-state index contributed by atoms with van der Waals surface area (Å²) in [5.41, 5.74) is 1.78. The SMILES string of the molecule is CCC(C(=O)O)n1cc(-c2cccc(Cl)c2)cn1. The number of benzene rings is 1. The summed E-state index contributed by atoms with van der Waals surface area (Å²) in [4.78, 5) is 11.0. The third-order valence-corrected chi connectivity index (χ3v) is 2.99. The number of carbonyl (C=O) groups is 1. The molecule has 1 heterocycles. The molecule has 2 aromatic rings. The van der Waals surface area contributed by atoms with Crippen molar-refractivity contribution < 1.29 is 9.90 Å². The fraction of sp³-hybridized carbons (Fsp3) is 0.231. The molecule has 2 rings (SSSR count). The summed E-state index contributed by atoms with van der Waals surface area (Å²) in [7, 11) is 0. The number of carboxylic acids is 1. The first-order valence-corrected chi connectivity index (χ1v) is 6.02. The van der Waals surface area contributed by atoms with Crippen molar-refractivity contribution in [2.24, 2.45) is 0 Å². The van der Waals surface area contributed by atoms with Crippen molar-refractivity contribution in [2.75, 3.05) is 0 Å². The maximum Gasteiger partial charge on any atom is 0.328 e. The predicted octanol–water partition coefficient (Wildman–Crippen LogP) is 3.24. The van der Waals surface area contributed by atoms with E-state index in [0.29, 0.717) is 11.4 Å². The molecule has 4 nitrogen and oxygen atoms in total. The molecule has 0 saturated heterocycles. The number of aliphatic carboxylic acids is 1. The Bertz CT molecular complexity index is 566. The molecule has 5 heteroatoms. The Morgan fingerprint density at radius 2 is 2.28 bits per heavy atom. The Balaban J connectivity index is 2.33. The zero-order chi connectivity index (χ0) is 13.1. The van der Waals surface area contributed by atoms with Crippen LogP contribution in [0.2, 0.25) is 5.02 Å². The van der Waals surface area contributed by atoms with Crippen molar-refractivity contribution >= 4 is 17.6 Å². The minimum absolute atomic E-state index is 0.492. The Morgan fingerprint density at radius 3 is 2.89 bits per heavy atom. The molecule has 0 aliphatic rings. The van der Waals surface area contributed by atoms with Gasteiger partial charge in [-0.25, -0.2) is 4.79 Å². The van der Waals surface area contributed by atoms with Gasteiger partial charge in [-0.15, -0.1) is 0 Å². The number of hydrogen-bond donors (Lipinski definition) is 1. The van der Waals surface area contributed by atoms with Crippen LogP contribution in [0.25, 0.3) is 11.1 Å². The molecule has 94 valence electrons. The number of carboxylic acid groups (broad SMARTS) is 1. The van der Waals surface area contributed by atoms with Gasteiger partial charge in [0, 0.05) is 16.8 Å². The Morgan fingerprint density at radius 1 is 1.50 bits per heavy atom. The standard InChI is InChI=1S/C13H13ClN2O2/c1-2-12(13(17)18)16-8-10(7-15-16)9-4-3-5-11(14)6-9/h3-8,12H,2H2,1H3,(H,17,18). The molecule has 0 aliphatic carbocycles. The van der Waals surface area contributed by atoms with Gasteiger partial charge in [0.05, 0.1) is 6.20 Å². The first-order chi connectivity index (χ1) is 8.61. The van der Waals surface area contributed by atoms with Gasteiger partial charge in [-0.3, -0.25) is 4.68 Å². The van der Waals surface area contributed by atoms with E-state index in [1.807, 2.05) is 25.1 Å². The largest absolute Gasteiger partial charge is 0.480 e. The highest BCUT2D eigenvalue weighted by Crippen LogP contribution is 2.23. The number of hydrogen-bond acceptors (Lipinski definition) is 2. The lowest BCUT2D eigenvalue weighted by atomic mass is 10.1. The summed E-state index contributed by atoms with van der Waals surface area (Å²) in [6.07, 6.45) is 3.87. The first kappa shape index (κ1) is 12.6. The second-order valence-electron chi connectivity index (χ2n) is 3.98. The van der Waals surface area contributed by atoms with Crippen LogP contribution in [0.15, 0.2) is 36.7 Å². The zero-order valence-electron chi connectivity index (χ0n) is 9.88. The monoisotopic (exact) mass is 264 g/mol. The van der Waals surface area contributed by atoms with Crippen LogP contribution in [0.1, 0.15) is 19.4 Å². The summed E-state index contributed by atoms with van der Waals surface area (Å²) in [6.45, 7) is 1.82. The van der Waals surface area contributed by atoms with E-state index in [1.165, 1.54) is 4.68 Å². The van der Waals surface area contributed by atoms with Crippen molar-refractivity contribution in [1.82, 2.24) is 9.78 Å². The van der Waals surface area contributed by atoms with E-state index in [9.17, 15) is 4.79 Å². The van der Waals surface area contributed by atoms with Crippen LogP contribution in [-0.2, 0) is 4.79 Å². The summed E-state index contributed by atoms with van der Waals surface area (Å²) in [6, 6.07) is 6.75. The zero-order valence-corrected chi connectivity index (χ0v) is 10.6. The molecule has 1 unspecified atom stereocenters. The van der Waals surface area contributed by atoms with Gasteiger partial charge in [-0.2, -0.15) is 5.10 Å². The maximum absolute atomic E-state index is 11.0.